The monoisotopic (exact) mass is 497 g/mol. The van der Waals surface area contributed by atoms with Crippen LogP contribution in [0.5, 0.6) is 11.5 Å². The number of alkyl halides is 3. The van der Waals surface area contributed by atoms with Gasteiger partial charge in [-0.25, -0.2) is 0 Å². The quantitative estimate of drug-likeness (QED) is 0.276. The molecule has 0 spiro atoms. The van der Waals surface area contributed by atoms with Crippen LogP contribution < -0.4 is 9.64 Å². The summed E-state index contributed by atoms with van der Waals surface area (Å²) in [5.41, 5.74) is 0.727. The van der Waals surface area contributed by atoms with Crippen molar-refractivity contribution in [3.05, 3.63) is 94.1 Å². The van der Waals surface area contributed by atoms with Gasteiger partial charge in [-0.1, -0.05) is 18.2 Å². The molecule has 9 heteroatoms. The number of aliphatic hydroxyl groups excluding tert-OH is 1. The maximum atomic E-state index is 13.3. The second kappa shape index (κ2) is 9.07. The molecule has 2 N–H and O–H groups in total. The predicted molar refractivity (Wildman–Crippen MR) is 127 cm³/mol. The van der Waals surface area contributed by atoms with Crippen molar-refractivity contribution in [3.63, 3.8) is 0 Å². The van der Waals surface area contributed by atoms with Crippen molar-refractivity contribution in [3.8, 4) is 11.5 Å². The molecule has 6 nitrogen and oxygen atoms in total. The molecule has 3 aromatic rings. The molecule has 0 bridgehead atoms. The van der Waals surface area contributed by atoms with E-state index in [0.717, 1.165) is 34.7 Å². The lowest BCUT2D eigenvalue weighted by molar-refractivity contribution is -0.137. The summed E-state index contributed by atoms with van der Waals surface area (Å²) < 4.78 is 44.7. The van der Waals surface area contributed by atoms with E-state index in [4.69, 9.17) is 4.74 Å². The fraction of sp³-hybridized carbons (Fsp3) is 0.185. The predicted octanol–water partition coefficient (Wildman–Crippen LogP) is 5.66. The van der Waals surface area contributed by atoms with E-state index >= 15 is 0 Å². The van der Waals surface area contributed by atoms with Gasteiger partial charge < -0.3 is 14.9 Å². The summed E-state index contributed by atoms with van der Waals surface area (Å²) >= 11 is 0. The number of rotatable bonds is 4. The first-order chi connectivity index (χ1) is 16.9. The minimum absolute atomic E-state index is 0.0184. The maximum absolute atomic E-state index is 13.3. The molecule has 1 atom stereocenters. The van der Waals surface area contributed by atoms with Crippen LogP contribution in [0.4, 0.5) is 18.9 Å². The van der Waals surface area contributed by atoms with E-state index in [2.05, 4.69) is 0 Å². The van der Waals surface area contributed by atoms with Gasteiger partial charge >= 0.3 is 6.18 Å². The molecule has 1 saturated heterocycles. The third kappa shape index (κ3) is 4.28. The standard InChI is InChI=1S/C27H22F3NO5/c1-14-11-15(2)25(36-3)20(12-14)23(33)21-22(16-5-4-6-19(32)13-16)31(26(35)24(21)34)18-9-7-17(8-10-18)27(28,29)30/h4-13,22,32-33H,1-3H3/b23-21+. The van der Waals surface area contributed by atoms with Gasteiger partial charge in [0.25, 0.3) is 11.7 Å². The van der Waals surface area contributed by atoms with Gasteiger partial charge in [-0.3, -0.25) is 14.5 Å². The average Bonchev–Trinajstić information content (AvgIpc) is 3.08. The van der Waals surface area contributed by atoms with E-state index in [1.54, 1.807) is 26.0 Å². The van der Waals surface area contributed by atoms with Crippen LogP contribution in [-0.4, -0.2) is 29.0 Å². The second-order valence-electron chi connectivity index (χ2n) is 8.47. The Bertz CT molecular complexity index is 1390. The van der Waals surface area contributed by atoms with E-state index in [-0.39, 0.29) is 28.1 Å². The van der Waals surface area contributed by atoms with Crippen molar-refractivity contribution in [1.29, 1.82) is 0 Å². The summed E-state index contributed by atoms with van der Waals surface area (Å²) in [6.45, 7) is 3.55. The van der Waals surface area contributed by atoms with Gasteiger partial charge in [-0.15, -0.1) is 0 Å². The zero-order chi connectivity index (χ0) is 26.4. The van der Waals surface area contributed by atoms with Crippen LogP contribution in [0, 0.1) is 13.8 Å². The zero-order valence-electron chi connectivity index (χ0n) is 19.6. The lowest BCUT2D eigenvalue weighted by Gasteiger charge is -2.26. The topological polar surface area (TPSA) is 87.1 Å². The highest BCUT2D eigenvalue weighted by molar-refractivity contribution is 6.51. The summed E-state index contributed by atoms with van der Waals surface area (Å²) in [5, 5.41) is 21.4. The molecule has 3 aromatic carbocycles. The van der Waals surface area contributed by atoms with Crippen molar-refractivity contribution >= 4 is 23.1 Å². The molecular formula is C27H22F3NO5. The lowest BCUT2D eigenvalue weighted by atomic mass is 9.93. The van der Waals surface area contributed by atoms with Crippen LogP contribution in [0.3, 0.4) is 0 Å². The number of amides is 1. The van der Waals surface area contributed by atoms with E-state index in [0.29, 0.717) is 11.3 Å². The van der Waals surface area contributed by atoms with Crippen LogP contribution >= 0.6 is 0 Å². The third-order valence-corrected chi connectivity index (χ3v) is 5.98. The summed E-state index contributed by atoms with van der Waals surface area (Å²) in [6.07, 6.45) is -4.59. The number of hydrogen-bond acceptors (Lipinski definition) is 5. The van der Waals surface area contributed by atoms with Crippen molar-refractivity contribution in [1.82, 2.24) is 0 Å². The normalized spacial score (nSPS) is 17.5. The number of aromatic hydroxyl groups is 1. The number of ketones is 1. The minimum Gasteiger partial charge on any atom is -0.508 e. The summed E-state index contributed by atoms with van der Waals surface area (Å²) in [6, 6.07) is 11.7. The smallest absolute Gasteiger partial charge is 0.416 e. The molecule has 0 aromatic heterocycles. The minimum atomic E-state index is -4.59. The second-order valence-corrected chi connectivity index (χ2v) is 8.47. The lowest BCUT2D eigenvalue weighted by Crippen LogP contribution is -2.29. The van der Waals surface area contributed by atoms with Crippen LogP contribution in [0.1, 0.15) is 33.9 Å². The Hall–Kier alpha value is -4.27. The number of halogens is 3. The number of nitrogens with zero attached hydrogens (tertiary/aromatic N) is 1. The first kappa shape index (κ1) is 24.8. The maximum Gasteiger partial charge on any atom is 0.416 e. The van der Waals surface area contributed by atoms with Gasteiger partial charge in [0, 0.05) is 5.69 Å². The number of phenolic OH excluding ortho intramolecular Hbond substituents is 1. The summed E-state index contributed by atoms with van der Waals surface area (Å²) in [7, 11) is 1.40. The Morgan fingerprint density at radius 2 is 1.67 bits per heavy atom. The van der Waals surface area contributed by atoms with Gasteiger partial charge in [0.1, 0.15) is 17.3 Å². The van der Waals surface area contributed by atoms with Crippen molar-refractivity contribution in [2.75, 3.05) is 12.0 Å². The number of carbonyl (C=O) groups is 2. The van der Waals surface area contributed by atoms with Crippen molar-refractivity contribution in [2.45, 2.75) is 26.1 Å². The van der Waals surface area contributed by atoms with E-state index in [9.17, 15) is 33.0 Å². The Balaban J connectivity index is 1.97. The fourth-order valence-corrected chi connectivity index (χ4v) is 4.47. The first-order valence-corrected chi connectivity index (χ1v) is 10.9. The van der Waals surface area contributed by atoms with Crippen molar-refractivity contribution < 1.29 is 37.7 Å². The number of Topliss-reactive ketones (excluding diaryl/α,β-unsaturated/α-hetero) is 1. The van der Waals surface area contributed by atoms with E-state index in [1.165, 1.54) is 25.3 Å². The molecule has 36 heavy (non-hydrogen) atoms. The van der Waals surface area contributed by atoms with Gasteiger partial charge in [-0.05, 0) is 73.0 Å². The highest BCUT2D eigenvalue weighted by Crippen LogP contribution is 2.44. The molecular weight excluding hydrogens is 475 g/mol. The van der Waals surface area contributed by atoms with Gasteiger partial charge in [-0.2, -0.15) is 13.2 Å². The molecule has 0 radical (unpaired) electrons. The third-order valence-electron chi connectivity index (χ3n) is 5.98. The number of methoxy groups -OCH3 is 1. The zero-order valence-corrected chi connectivity index (χ0v) is 19.6. The number of benzene rings is 3. The molecule has 0 saturated carbocycles. The molecule has 1 fully saturated rings. The molecule has 1 heterocycles. The number of aryl methyl sites for hydroxylation is 2. The van der Waals surface area contributed by atoms with Gasteiger partial charge in [0.15, 0.2) is 0 Å². The van der Waals surface area contributed by atoms with E-state index < -0.39 is 35.2 Å². The van der Waals surface area contributed by atoms with Gasteiger partial charge in [0.2, 0.25) is 0 Å². The Morgan fingerprint density at radius 1 is 1.00 bits per heavy atom. The average molecular weight is 497 g/mol. The number of ether oxygens (including phenoxy) is 1. The highest BCUT2D eigenvalue weighted by Gasteiger charge is 2.47. The molecule has 1 unspecified atom stereocenters. The van der Waals surface area contributed by atoms with Gasteiger partial charge in [0.05, 0.1) is 29.9 Å². The Kier molecular flexibility index (Phi) is 6.26. The summed E-state index contributed by atoms with van der Waals surface area (Å²) in [4.78, 5) is 27.5. The number of phenols is 1. The Labute approximate surface area is 204 Å². The van der Waals surface area contributed by atoms with E-state index in [1.807, 2.05) is 6.07 Å². The molecule has 1 aliphatic heterocycles. The molecule has 0 aliphatic carbocycles. The molecule has 1 amide bonds. The number of hydrogen-bond donors (Lipinski definition) is 2. The van der Waals surface area contributed by atoms with Crippen LogP contribution in [-0.2, 0) is 15.8 Å². The number of carbonyl (C=O) groups excluding carboxylic acids is 2. The largest absolute Gasteiger partial charge is 0.508 e. The Morgan fingerprint density at radius 3 is 2.25 bits per heavy atom. The molecule has 1 aliphatic rings. The van der Waals surface area contributed by atoms with Crippen LogP contribution in [0.2, 0.25) is 0 Å². The number of anilines is 1. The molecule has 4 rings (SSSR count). The number of aliphatic hydroxyl groups is 1. The van der Waals surface area contributed by atoms with Crippen molar-refractivity contribution in [2.24, 2.45) is 0 Å². The van der Waals surface area contributed by atoms with Crippen LogP contribution in [0.15, 0.2) is 66.2 Å². The first-order valence-electron chi connectivity index (χ1n) is 10.9. The highest BCUT2D eigenvalue weighted by atomic mass is 19.4. The summed E-state index contributed by atoms with van der Waals surface area (Å²) in [5.74, 6) is -2.42. The molecule has 186 valence electrons. The van der Waals surface area contributed by atoms with Crippen LogP contribution in [0.25, 0.3) is 5.76 Å². The fourth-order valence-electron chi connectivity index (χ4n) is 4.47. The SMILES string of the molecule is COc1c(C)cc(C)cc1/C(O)=C1\C(=O)C(=O)N(c2ccc(C(F)(F)F)cc2)C1c1cccc(O)c1.